The Morgan fingerprint density at radius 2 is 1.68 bits per heavy atom. The number of hydrogen-bond acceptors (Lipinski definition) is 3. The van der Waals surface area contributed by atoms with Gasteiger partial charge in [-0.15, -0.1) is 0 Å². The zero-order chi connectivity index (χ0) is 16.6. The van der Waals surface area contributed by atoms with Crippen LogP contribution in [-0.2, 0) is 4.43 Å². The highest BCUT2D eigenvalue weighted by Crippen LogP contribution is 2.41. The average Bonchev–Trinajstić information content (AvgIpc) is 2.41. The fraction of sp³-hybridized carbons (Fsp3) is 0.778. The van der Waals surface area contributed by atoms with Gasteiger partial charge in [0.2, 0.25) is 0 Å². The van der Waals surface area contributed by atoms with Gasteiger partial charge in [-0.05, 0) is 49.7 Å². The van der Waals surface area contributed by atoms with Crippen molar-refractivity contribution in [2.45, 2.75) is 82.3 Å². The lowest BCUT2D eigenvalue weighted by molar-refractivity contribution is 0.0959. The minimum atomic E-state index is -1.67. The molecule has 4 N–H and O–H groups in total. The van der Waals surface area contributed by atoms with Crippen LogP contribution in [0.1, 0.15) is 46.5 Å². The van der Waals surface area contributed by atoms with E-state index >= 15 is 0 Å². The molecule has 0 aromatic heterocycles. The minimum Gasteiger partial charge on any atom is -0.414 e. The fourth-order valence-corrected chi connectivity index (χ4v) is 4.79. The molecule has 0 aromatic carbocycles. The Labute approximate surface area is 137 Å². The second kappa shape index (κ2) is 6.23. The van der Waals surface area contributed by atoms with E-state index in [-0.39, 0.29) is 16.6 Å². The first-order chi connectivity index (χ1) is 10.1. The summed E-state index contributed by atoms with van der Waals surface area (Å²) in [6, 6.07) is -0.0691. The monoisotopic (exact) mass is 322 g/mol. The largest absolute Gasteiger partial charge is 0.414 e. The number of rotatable bonds is 3. The molecular weight excluding hydrogens is 288 g/mol. The Morgan fingerprint density at radius 1 is 1.09 bits per heavy atom. The highest BCUT2D eigenvalue weighted by molar-refractivity contribution is 6.74. The second-order valence-corrected chi connectivity index (χ2v) is 13.4. The van der Waals surface area contributed by atoms with Crippen LogP contribution in [0, 0.1) is 5.92 Å². The molecule has 0 radical (unpaired) electrons. The van der Waals surface area contributed by atoms with Crippen LogP contribution in [0.2, 0.25) is 18.1 Å². The molecule has 0 aliphatic heterocycles. The first kappa shape index (κ1) is 17.9. The molecule has 0 bridgehead atoms. The van der Waals surface area contributed by atoms with E-state index in [0.717, 1.165) is 25.7 Å². The van der Waals surface area contributed by atoms with Crippen molar-refractivity contribution >= 4 is 8.32 Å². The van der Waals surface area contributed by atoms with E-state index in [1.54, 1.807) is 0 Å². The molecule has 4 heteroatoms. The number of allylic oxidation sites excluding steroid dienone is 2. The van der Waals surface area contributed by atoms with Crippen LogP contribution in [0.15, 0.2) is 24.3 Å². The maximum Gasteiger partial charge on any atom is 0.192 e. The first-order valence-corrected chi connectivity index (χ1v) is 11.6. The SMILES string of the molecule is CC(C)(C)[Si](C)(C)OC1CCC(C2(N)C=CC=CC2N)CC1. The average molecular weight is 323 g/mol. The van der Waals surface area contributed by atoms with Crippen molar-refractivity contribution in [2.75, 3.05) is 0 Å². The Bertz CT molecular complexity index is 444. The zero-order valence-corrected chi connectivity index (χ0v) is 15.9. The fourth-order valence-electron chi connectivity index (χ4n) is 3.37. The van der Waals surface area contributed by atoms with Gasteiger partial charge in [0.15, 0.2) is 8.32 Å². The van der Waals surface area contributed by atoms with Gasteiger partial charge in [0.05, 0.1) is 5.54 Å². The van der Waals surface area contributed by atoms with Gasteiger partial charge in [-0.2, -0.15) is 0 Å². The van der Waals surface area contributed by atoms with Crippen molar-refractivity contribution in [1.82, 2.24) is 0 Å². The summed E-state index contributed by atoms with van der Waals surface area (Å²) in [7, 11) is -1.67. The Kier molecular flexibility index (Phi) is 5.08. The standard InChI is InChI=1S/C18H34N2OSi/c1-17(2,3)22(4,5)21-15-11-9-14(10-12-15)18(20)13-7-6-8-16(18)19/h6-8,13-16H,9-12,19-20H2,1-5H3. The molecule has 0 spiro atoms. The molecule has 0 aromatic rings. The predicted octanol–water partition coefficient (Wildman–Crippen LogP) is 3.72. The Hall–Kier alpha value is -0.423. The maximum atomic E-state index is 6.62. The Balaban J connectivity index is 1.94. The van der Waals surface area contributed by atoms with Crippen LogP contribution < -0.4 is 11.5 Å². The quantitative estimate of drug-likeness (QED) is 0.779. The van der Waals surface area contributed by atoms with Gasteiger partial charge in [0, 0.05) is 12.1 Å². The third kappa shape index (κ3) is 3.56. The first-order valence-electron chi connectivity index (χ1n) is 8.64. The zero-order valence-electron chi connectivity index (χ0n) is 14.9. The lowest BCUT2D eigenvalue weighted by Gasteiger charge is -2.45. The van der Waals surface area contributed by atoms with Gasteiger partial charge < -0.3 is 15.9 Å². The topological polar surface area (TPSA) is 61.3 Å². The molecule has 0 heterocycles. The number of nitrogens with two attached hydrogens (primary N) is 2. The molecule has 0 saturated heterocycles. The van der Waals surface area contributed by atoms with Crippen LogP contribution >= 0.6 is 0 Å². The maximum absolute atomic E-state index is 6.62. The minimum absolute atomic E-state index is 0.0691. The van der Waals surface area contributed by atoms with Gasteiger partial charge in [0.1, 0.15) is 0 Å². The van der Waals surface area contributed by atoms with E-state index in [9.17, 15) is 0 Å². The summed E-state index contributed by atoms with van der Waals surface area (Å²) in [5.41, 5.74) is 12.5. The van der Waals surface area contributed by atoms with Crippen molar-refractivity contribution in [1.29, 1.82) is 0 Å². The molecule has 2 rings (SSSR count). The molecule has 2 unspecified atom stereocenters. The Morgan fingerprint density at radius 3 is 2.18 bits per heavy atom. The second-order valence-electron chi connectivity index (χ2n) is 8.62. The summed E-state index contributed by atoms with van der Waals surface area (Å²) in [6.07, 6.45) is 13.0. The van der Waals surface area contributed by atoms with E-state index < -0.39 is 8.32 Å². The van der Waals surface area contributed by atoms with Crippen LogP contribution in [0.25, 0.3) is 0 Å². The van der Waals surface area contributed by atoms with Crippen molar-refractivity contribution in [3.05, 3.63) is 24.3 Å². The van der Waals surface area contributed by atoms with E-state index in [1.807, 2.05) is 18.2 Å². The summed E-state index contributed by atoms with van der Waals surface area (Å²) < 4.78 is 6.57. The van der Waals surface area contributed by atoms with Crippen LogP contribution in [-0.4, -0.2) is 26.0 Å². The van der Waals surface area contributed by atoms with Crippen molar-refractivity contribution in [3.8, 4) is 0 Å². The molecule has 0 amide bonds. The molecule has 126 valence electrons. The van der Waals surface area contributed by atoms with Gasteiger partial charge in [-0.25, -0.2) is 0 Å². The molecule has 2 aliphatic rings. The summed E-state index contributed by atoms with van der Waals surface area (Å²) in [4.78, 5) is 0. The summed E-state index contributed by atoms with van der Waals surface area (Å²) in [6.45, 7) is 11.6. The van der Waals surface area contributed by atoms with Crippen molar-refractivity contribution < 1.29 is 4.43 Å². The van der Waals surface area contributed by atoms with Crippen molar-refractivity contribution in [2.24, 2.45) is 17.4 Å². The molecule has 22 heavy (non-hydrogen) atoms. The summed E-state index contributed by atoms with van der Waals surface area (Å²) >= 11 is 0. The lowest BCUT2D eigenvalue weighted by atomic mass is 9.69. The van der Waals surface area contributed by atoms with Gasteiger partial charge in [0.25, 0.3) is 0 Å². The van der Waals surface area contributed by atoms with E-state index in [1.165, 1.54) is 0 Å². The van der Waals surface area contributed by atoms with Crippen LogP contribution in [0.4, 0.5) is 0 Å². The van der Waals surface area contributed by atoms with Gasteiger partial charge in [-0.3, -0.25) is 0 Å². The van der Waals surface area contributed by atoms with Gasteiger partial charge in [-0.1, -0.05) is 45.1 Å². The molecule has 1 fully saturated rings. The highest BCUT2D eigenvalue weighted by atomic mass is 28.4. The van der Waals surface area contributed by atoms with Gasteiger partial charge >= 0.3 is 0 Å². The van der Waals surface area contributed by atoms with E-state index in [2.05, 4.69) is 39.9 Å². The summed E-state index contributed by atoms with van der Waals surface area (Å²) in [5, 5.41) is 0.276. The summed E-state index contributed by atoms with van der Waals surface area (Å²) in [5.74, 6) is 0.461. The normalized spacial score (nSPS) is 36.6. The van der Waals surface area contributed by atoms with Crippen molar-refractivity contribution in [3.63, 3.8) is 0 Å². The van der Waals surface area contributed by atoms with Crippen LogP contribution in [0.5, 0.6) is 0 Å². The third-order valence-corrected chi connectivity index (χ3v) is 10.6. The highest BCUT2D eigenvalue weighted by Gasteiger charge is 2.43. The smallest absolute Gasteiger partial charge is 0.192 e. The third-order valence-electron chi connectivity index (χ3n) is 6.04. The molecule has 1 saturated carbocycles. The van der Waals surface area contributed by atoms with Crippen LogP contribution in [0.3, 0.4) is 0 Å². The predicted molar refractivity (Wildman–Crippen MR) is 97.2 cm³/mol. The molecule has 3 nitrogen and oxygen atoms in total. The number of hydrogen-bond donors (Lipinski definition) is 2. The molecule has 2 aliphatic carbocycles. The lowest BCUT2D eigenvalue weighted by Crippen LogP contribution is -2.59. The van der Waals surface area contributed by atoms with E-state index in [4.69, 9.17) is 15.9 Å². The molecule has 2 atom stereocenters. The van der Waals surface area contributed by atoms with E-state index in [0.29, 0.717) is 12.0 Å². The molecular formula is C18H34N2OSi.